The number of ether oxygens (including phenoxy) is 1. The Morgan fingerprint density at radius 2 is 1.85 bits per heavy atom. The molecule has 34 heavy (non-hydrogen) atoms. The molecule has 5 atom stereocenters. The summed E-state index contributed by atoms with van der Waals surface area (Å²) in [4.78, 5) is 0.552. The molecule has 0 saturated carbocycles. The number of thioether (sulfide) groups is 1. The van der Waals surface area contributed by atoms with Gasteiger partial charge in [-0.2, -0.15) is 5.26 Å². The van der Waals surface area contributed by atoms with Crippen molar-refractivity contribution in [3.63, 3.8) is 0 Å². The Morgan fingerprint density at radius 1 is 1.15 bits per heavy atom. The summed E-state index contributed by atoms with van der Waals surface area (Å²) >= 11 is 7.11. The van der Waals surface area contributed by atoms with Crippen molar-refractivity contribution in [2.75, 3.05) is 6.61 Å². The molecule has 3 unspecified atom stereocenters. The maximum absolute atomic E-state index is 13.6. The number of nitrogens with zero attached hydrogens (tertiary/aromatic N) is 4. The monoisotopic (exact) mass is 512 g/mol. The van der Waals surface area contributed by atoms with Crippen LogP contribution in [0.2, 0.25) is 5.02 Å². The molecule has 3 aromatic rings. The van der Waals surface area contributed by atoms with E-state index >= 15 is 0 Å². The van der Waals surface area contributed by atoms with E-state index in [2.05, 4.69) is 10.3 Å². The van der Waals surface area contributed by atoms with E-state index in [0.717, 1.165) is 28.6 Å². The minimum Gasteiger partial charge on any atom is -0.394 e. The first-order chi connectivity index (χ1) is 16.2. The summed E-state index contributed by atoms with van der Waals surface area (Å²) in [6, 6.07) is 6.88. The Hall–Kier alpha value is -2.66. The van der Waals surface area contributed by atoms with Crippen LogP contribution in [0.4, 0.5) is 13.2 Å². The van der Waals surface area contributed by atoms with Crippen LogP contribution in [0.5, 0.6) is 0 Å². The Kier molecular flexibility index (Phi) is 7.13. The van der Waals surface area contributed by atoms with Crippen LogP contribution in [0.1, 0.15) is 11.6 Å². The molecule has 3 N–H and O–H groups in total. The van der Waals surface area contributed by atoms with Gasteiger partial charge in [-0.15, -0.1) is 5.10 Å². The predicted molar refractivity (Wildman–Crippen MR) is 114 cm³/mol. The van der Waals surface area contributed by atoms with E-state index in [4.69, 9.17) is 21.6 Å². The smallest absolute Gasteiger partial charge is 0.194 e. The maximum atomic E-state index is 13.6. The van der Waals surface area contributed by atoms with E-state index in [0.29, 0.717) is 4.90 Å². The zero-order chi connectivity index (χ0) is 24.6. The van der Waals surface area contributed by atoms with Gasteiger partial charge >= 0.3 is 0 Å². The third-order valence-electron chi connectivity index (χ3n) is 5.26. The van der Waals surface area contributed by atoms with E-state index in [1.165, 1.54) is 18.3 Å². The molecule has 0 spiro atoms. The number of aromatic nitrogens is 3. The molecule has 8 nitrogen and oxygen atoms in total. The van der Waals surface area contributed by atoms with Crippen molar-refractivity contribution in [2.45, 2.75) is 34.7 Å². The number of rotatable bonds is 5. The van der Waals surface area contributed by atoms with Gasteiger partial charge in [0.1, 0.15) is 41.6 Å². The lowest BCUT2D eigenvalue weighted by Crippen LogP contribution is -2.55. The van der Waals surface area contributed by atoms with Gasteiger partial charge in [0.15, 0.2) is 17.5 Å². The summed E-state index contributed by atoms with van der Waals surface area (Å²) in [5, 5.41) is 48.2. The lowest BCUT2D eigenvalue weighted by molar-refractivity contribution is -0.178. The van der Waals surface area contributed by atoms with Gasteiger partial charge < -0.3 is 20.1 Å². The molecule has 2 aromatic carbocycles. The van der Waals surface area contributed by atoms with Crippen LogP contribution in [-0.2, 0) is 4.74 Å². The van der Waals surface area contributed by atoms with Crippen molar-refractivity contribution in [2.24, 2.45) is 0 Å². The predicted octanol–water partition coefficient (Wildman–Crippen LogP) is 2.66. The minimum atomic E-state index is -1.63. The lowest BCUT2D eigenvalue weighted by atomic mass is 9.97. The van der Waals surface area contributed by atoms with Crippen molar-refractivity contribution in [3.8, 4) is 17.3 Å². The van der Waals surface area contributed by atoms with Crippen LogP contribution < -0.4 is 0 Å². The van der Waals surface area contributed by atoms with Gasteiger partial charge in [0, 0.05) is 10.5 Å². The molecule has 1 aliphatic heterocycles. The van der Waals surface area contributed by atoms with Gasteiger partial charge in [-0.3, -0.25) is 0 Å². The van der Waals surface area contributed by atoms with Crippen LogP contribution >= 0.6 is 23.4 Å². The van der Waals surface area contributed by atoms with Gasteiger partial charge in [0.25, 0.3) is 0 Å². The molecule has 0 radical (unpaired) electrons. The first-order valence-corrected chi connectivity index (χ1v) is 11.0. The number of benzene rings is 2. The number of hydrogen-bond donors (Lipinski definition) is 3. The van der Waals surface area contributed by atoms with Crippen LogP contribution in [0.15, 0.2) is 41.4 Å². The fraction of sp³-hybridized carbons (Fsp3) is 0.286. The molecule has 1 fully saturated rings. The normalized spacial score (nSPS) is 24.7. The number of nitriles is 1. The van der Waals surface area contributed by atoms with Crippen molar-refractivity contribution >= 4 is 23.4 Å². The molecule has 4 rings (SSSR count). The quantitative estimate of drug-likeness (QED) is 0.446. The fourth-order valence-electron chi connectivity index (χ4n) is 3.53. The highest BCUT2D eigenvalue weighted by Crippen LogP contribution is 2.39. The molecule has 0 aliphatic carbocycles. The molecule has 0 bridgehead atoms. The highest BCUT2D eigenvalue weighted by atomic mass is 35.5. The molecular formula is C21H16ClF3N4O4S. The topological polar surface area (TPSA) is 124 Å². The standard InChI is InChI=1S/C21H16ClF3N4O4S/c22-12-5-11(2-1-9(12)6-26)34-21-20(32)18(19(31)16(8-30)33-21)29-7-15(27-28-29)10-3-13(23)17(25)14(24)4-10/h1-5,7,16,18-21,30-32H,8H2/t16?,18?,19-,20?,21+/m0/s1. The van der Waals surface area contributed by atoms with Crippen LogP contribution in [0.25, 0.3) is 11.3 Å². The van der Waals surface area contributed by atoms with E-state index in [-0.39, 0.29) is 21.8 Å². The van der Waals surface area contributed by atoms with Gasteiger partial charge in [-0.1, -0.05) is 28.6 Å². The Balaban J connectivity index is 1.63. The van der Waals surface area contributed by atoms with Crippen molar-refractivity contribution in [3.05, 3.63) is 64.6 Å². The lowest BCUT2D eigenvalue weighted by Gasteiger charge is -2.41. The molecule has 1 saturated heterocycles. The number of halogens is 4. The average molecular weight is 513 g/mol. The Labute approximate surface area is 200 Å². The highest BCUT2D eigenvalue weighted by Gasteiger charge is 2.46. The van der Waals surface area contributed by atoms with Crippen molar-refractivity contribution in [1.29, 1.82) is 5.26 Å². The molecule has 13 heteroatoms. The summed E-state index contributed by atoms with van der Waals surface area (Å²) in [6.07, 6.45) is -2.68. The third kappa shape index (κ3) is 4.63. The summed E-state index contributed by atoms with van der Waals surface area (Å²) in [6.45, 7) is -0.578. The largest absolute Gasteiger partial charge is 0.394 e. The highest BCUT2D eigenvalue weighted by molar-refractivity contribution is 7.99. The van der Waals surface area contributed by atoms with Gasteiger partial charge in [0.05, 0.1) is 23.4 Å². The van der Waals surface area contributed by atoms with Crippen molar-refractivity contribution < 1.29 is 33.2 Å². The molecule has 1 aromatic heterocycles. The van der Waals surface area contributed by atoms with E-state index in [9.17, 15) is 28.5 Å². The van der Waals surface area contributed by atoms with E-state index in [1.54, 1.807) is 6.07 Å². The van der Waals surface area contributed by atoms with Crippen LogP contribution in [0.3, 0.4) is 0 Å². The second-order valence-corrected chi connectivity index (χ2v) is 8.99. The first-order valence-electron chi connectivity index (χ1n) is 9.79. The SMILES string of the molecule is N#Cc1ccc(S[C@H]2OC(CO)[C@H](O)C(n3cc(-c4cc(F)c(F)c(F)c4)nn3)C2O)cc1Cl. The zero-order valence-electron chi connectivity index (χ0n) is 17.0. The van der Waals surface area contributed by atoms with Crippen LogP contribution in [0, 0.1) is 28.8 Å². The second-order valence-electron chi connectivity index (χ2n) is 7.41. The van der Waals surface area contributed by atoms with E-state index < -0.39 is 53.8 Å². The van der Waals surface area contributed by atoms with E-state index in [1.807, 2.05) is 6.07 Å². The summed E-state index contributed by atoms with van der Waals surface area (Å²) in [5.41, 5.74) is -0.868. The number of hydrogen-bond acceptors (Lipinski definition) is 8. The Morgan fingerprint density at radius 3 is 2.47 bits per heavy atom. The molecule has 2 heterocycles. The fourth-order valence-corrected chi connectivity index (χ4v) is 4.92. The van der Waals surface area contributed by atoms with Gasteiger partial charge in [-0.05, 0) is 30.3 Å². The summed E-state index contributed by atoms with van der Waals surface area (Å²) in [5.74, 6) is -4.44. The van der Waals surface area contributed by atoms with Gasteiger partial charge in [0.2, 0.25) is 0 Å². The van der Waals surface area contributed by atoms with Crippen molar-refractivity contribution in [1.82, 2.24) is 15.0 Å². The summed E-state index contributed by atoms with van der Waals surface area (Å²) < 4.78 is 47.3. The first kappa shape index (κ1) is 24.5. The molecule has 1 aliphatic rings. The van der Waals surface area contributed by atoms with Gasteiger partial charge in [-0.25, -0.2) is 17.9 Å². The summed E-state index contributed by atoms with van der Waals surface area (Å²) in [7, 11) is 0. The second kappa shape index (κ2) is 9.91. The molecule has 0 amide bonds. The third-order valence-corrected chi connectivity index (χ3v) is 6.72. The minimum absolute atomic E-state index is 0.0349. The number of aliphatic hydroxyl groups excluding tert-OH is 3. The maximum Gasteiger partial charge on any atom is 0.194 e. The number of aliphatic hydroxyl groups is 3. The zero-order valence-corrected chi connectivity index (χ0v) is 18.6. The molecular weight excluding hydrogens is 497 g/mol. The van der Waals surface area contributed by atoms with Crippen LogP contribution in [-0.4, -0.2) is 60.7 Å². The molecule has 178 valence electrons. The Bertz CT molecular complexity index is 1230. The average Bonchev–Trinajstić information content (AvgIpc) is 3.29.